The van der Waals surface area contributed by atoms with Crippen molar-refractivity contribution in [3.8, 4) is 0 Å². The van der Waals surface area contributed by atoms with E-state index in [9.17, 15) is 4.79 Å². The summed E-state index contributed by atoms with van der Waals surface area (Å²) < 4.78 is 5.45. The Kier molecular flexibility index (Phi) is 17.1. The van der Waals surface area contributed by atoms with Gasteiger partial charge in [0.05, 0.1) is 12.0 Å². The van der Waals surface area contributed by atoms with E-state index in [-0.39, 0.29) is 5.97 Å². The molecule has 0 aliphatic carbocycles. The zero-order valence-electron chi connectivity index (χ0n) is 19.5. The molecule has 0 aliphatic rings. The molecule has 0 radical (unpaired) electrons. The zero-order chi connectivity index (χ0) is 21.8. The fraction of sp³-hybridized carbons (Fsp3) is 0.593. The van der Waals surface area contributed by atoms with E-state index in [0.717, 1.165) is 51.4 Å². The highest BCUT2D eigenvalue weighted by atomic mass is 16.5. The number of ether oxygens (including phenoxy) is 1. The molecular formula is C27H44O2. The number of hydrogen-bond donors (Lipinski definition) is 0. The molecule has 0 aromatic rings. The van der Waals surface area contributed by atoms with E-state index < -0.39 is 5.41 Å². The molecule has 0 amide bonds. The number of rotatable bonds is 15. The van der Waals surface area contributed by atoms with Gasteiger partial charge in [-0.1, -0.05) is 81.0 Å². The van der Waals surface area contributed by atoms with Crippen molar-refractivity contribution in [2.45, 2.75) is 86.0 Å². The monoisotopic (exact) mass is 400 g/mol. The summed E-state index contributed by atoms with van der Waals surface area (Å²) in [6.45, 7) is 10.5. The number of carbonyl (C=O) groups excluding carboxylic acids is 1. The molecule has 0 spiro atoms. The van der Waals surface area contributed by atoms with E-state index in [0.29, 0.717) is 12.5 Å². The van der Waals surface area contributed by atoms with Crippen LogP contribution in [-0.4, -0.2) is 12.6 Å². The minimum atomic E-state index is -0.414. The van der Waals surface area contributed by atoms with Gasteiger partial charge in [0.1, 0.15) is 0 Å². The first kappa shape index (κ1) is 27.2. The molecule has 1 unspecified atom stereocenters. The third-order valence-corrected chi connectivity index (χ3v) is 4.54. The lowest BCUT2D eigenvalue weighted by molar-refractivity contribution is -0.154. The molecule has 29 heavy (non-hydrogen) atoms. The molecule has 0 aromatic heterocycles. The van der Waals surface area contributed by atoms with Gasteiger partial charge in [0, 0.05) is 0 Å². The Morgan fingerprint density at radius 3 is 1.62 bits per heavy atom. The largest absolute Gasteiger partial charge is 0.465 e. The summed E-state index contributed by atoms with van der Waals surface area (Å²) in [5, 5.41) is 0. The molecular weight excluding hydrogens is 356 g/mol. The van der Waals surface area contributed by atoms with Crippen LogP contribution < -0.4 is 0 Å². The molecule has 0 aromatic carbocycles. The summed E-state index contributed by atoms with van der Waals surface area (Å²) in [6, 6.07) is 0. The van der Waals surface area contributed by atoms with E-state index in [1.54, 1.807) is 0 Å². The van der Waals surface area contributed by atoms with Crippen molar-refractivity contribution in [1.82, 2.24) is 0 Å². The highest BCUT2D eigenvalue weighted by molar-refractivity contribution is 5.75. The second-order valence-corrected chi connectivity index (χ2v) is 8.41. The lowest BCUT2D eigenvalue weighted by atomic mass is 9.97. The Morgan fingerprint density at radius 1 is 0.759 bits per heavy atom. The van der Waals surface area contributed by atoms with Gasteiger partial charge < -0.3 is 4.74 Å². The van der Waals surface area contributed by atoms with Crippen molar-refractivity contribution in [3.63, 3.8) is 0 Å². The van der Waals surface area contributed by atoms with Crippen LogP contribution >= 0.6 is 0 Å². The van der Waals surface area contributed by atoms with E-state index in [4.69, 9.17) is 4.74 Å². The Labute approximate surface area is 180 Å². The topological polar surface area (TPSA) is 26.3 Å². The predicted molar refractivity (Wildman–Crippen MR) is 128 cm³/mol. The van der Waals surface area contributed by atoms with Gasteiger partial charge in [-0.25, -0.2) is 0 Å². The highest BCUT2D eigenvalue weighted by Crippen LogP contribution is 2.18. The highest BCUT2D eigenvalue weighted by Gasteiger charge is 2.23. The summed E-state index contributed by atoms with van der Waals surface area (Å²) in [6.07, 6.45) is 30.5. The Balaban J connectivity index is 3.79. The van der Waals surface area contributed by atoms with Crippen LogP contribution in [0.5, 0.6) is 0 Å². The normalized spacial score (nSPS) is 14.2. The molecule has 0 saturated heterocycles. The van der Waals surface area contributed by atoms with E-state index in [2.05, 4.69) is 74.6 Å². The standard InChI is InChI=1S/C27H44O2/c1-6-8-9-10-11-12-13-14-15-16-17-18-19-20-21-22-23-25(7-2)24-29-26(28)27(3,4)5/h8-9,11-12,14-15,17-18,20-21,25H,6-7,10,13,16,19,22-24H2,1-5H3. The zero-order valence-corrected chi connectivity index (χ0v) is 19.5. The third-order valence-electron chi connectivity index (χ3n) is 4.54. The second-order valence-electron chi connectivity index (χ2n) is 8.41. The van der Waals surface area contributed by atoms with Crippen molar-refractivity contribution < 1.29 is 9.53 Å². The van der Waals surface area contributed by atoms with Crippen LogP contribution in [0.3, 0.4) is 0 Å². The molecule has 0 bridgehead atoms. The van der Waals surface area contributed by atoms with Crippen molar-refractivity contribution >= 4 is 5.97 Å². The average molecular weight is 401 g/mol. The molecule has 1 atom stereocenters. The first-order chi connectivity index (χ1) is 13.9. The molecule has 0 N–H and O–H groups in total. The van der Waals surface area contributed by atoms with Gasteiger partial charge in [-0.15, -0.1) is 0 Å². The van der Waals surface area contributed by atoms with Gasteiger partial charge in [0.25, 0.3) is 0 Å². The predicted octanol–water partition coefficient (Wildman–Crippen LogP) is 8.13. The average Bonchev–Trinajstić information content (AvgIpc) is 2.68. The van der Waals surface area contributed by atoms with Gasteiger partial charge in [-0.3, -0.25) is 4.79 Å². The first-order valence-corrected chi connectivity index (χ1v) is 11.3. The number of hydrogen-bond acceptors (Lipinski definition) is 2. The Bertz CT molecular complexity index is 541. The van der Waals surface area contributed by atoms with Crippen molar-refractivity contribution in [2.24, 2.45) is 11.3 Å². The first-order valence-electron chi connectivity index (χ1n) is 11.3. The summed E-state index contributed by atoms with van der Waals surface area (Å²) in [7, 11) is 0. The molecule has 2 heteroatoms. The molecule has 0 fully saturated rings. The van der Waals surface area contributed by atoms with E-state index in [1.807, 2.05) is 20.8 Å². The lowest BCUT2D eigenvalue weighted by Crippen LogP contribution is -2.25. The van der Waals surface area contributed by atoms with E-state index in [1.165, 1.54) is 0 Å². The molecule has 2 nitrogen and oxygen atoms in total. The van der Waals surface area contributed by atoms with Gasteiger partial charge in [0.2, 0.25) is 0 Å². The summed E-state index contributed by atoms with van der Waals surface area (Å²) in [5.41, 5.74) is -0.414. The van der Waals surface area contributed by atoms with Gasteiger partial charge in [-0.05, 0) is 71.6 Å². The molecule has 0 heterocycles. The van der Waals surface area contributed by atoms with Crippen LogP contribution in [-0.2, 0) is 9.53 Å². The van der Waals surface area contributed by atoms with Crippen LogP contribution in [0, 0.1) is 11.3 Å². The molecule has 0 aliphatic heterocycles. The van der Waals surface area contributed by atoms with Crippen LogP contribution in [0.4, 0.5) is 0 Å². The van der Waals surface area contributed by atoms with Gasteiger partial charge in [0.15, 0.2) is 0 Å². The maximum Gasteiger partial charge on any atom is 0.311 e. The quantitative estimate of drug-likeness (QED) is 0.205. The van der Waals surface area contributed by atoms with Gasteiger partial charge >= 0.3 is 5.97 Å². The van der Waals surface area contributed by atoms with E-state index >= 15 is 0 Å². The summed E-state index contributed by atoms with van der Waals surface area (Å²) in [4.78, 5) is 11.9. The molecule has 0 saturated carbocycles. The fourth-order valence-corrected chi connectivity index (χ4v) is 2.52. The summed E-state index contributed by atoms with van der Waals surface area (Å²) >= 11 is 0. The minimum Gasteiger partial charge on any atom is -0.465 e. The SMILES string of the molecule is CCC=CCC=CCC=CCC=CCC=CCCC(CC)COC(=O)C(C)(C)C. The third kappa shape index (κ3) is 18.0. The molecule has 164 valence electrons. The minimum absolute atomic E-state index is 0.106. The summed E-state index contributed by atoms with van der Waals surface area (Å²) in [5.74, 6) is 0.342. The van der Waals surface area contributed by atoms with Crippen LogP contribution in [0.25, 0.3) is 0 Å². The van der Waals surface area contributed by atoms with Crippen molar-refractivity contribution in [1.29, 1.82) is 0 Å². The van der Waals surface area contributed by atoms with Crippen LogP contribution in [0.2, 0.25) is 0 Å². The number of allylic oxidation sites excluding steroid dienone is 10. The fourth-order valence-electron chi connectivity index (χ4n) is 2.52. The number of carbonyl (C=O) groups is 1. The maximum absolute atomic E-state index is 11.9. The second kappa shape index (κ2) is 18.2. The molecule has 0 rings (SSSR count). The lowest BCUT2D eigenvalue weighted by Gasteiger charge is -2.20. The Morgan fingerprint density at radius 2 is 1.21 bits per heavy atom. The van der Waals surface area contributed by atoms with Crippen molar-refractivity contribution in [3.05, 3.63) is 60.8 Å². The smallest absolute Gasteiger partial charge is 0.311 e. The van der Waals surface area contributed by atoms with Crippen LogP contribution in [0.1, 0.15) is 86.0 Å². The van der Waals surface area contributed by atoms with Crippen molar-refractivity contribution in [2.75, 3.05) is 6.61 Å². The number of esters is 1. The Hall–Kier alpha value is -1.83. The maximum atomic E-state index is 11.9. The van der Waals surface area contributed by atoms with Gasteiger partial charge in [-0.2, -0.15) is 0 Å². The van der Waals surface area contributed by atoms with Crippen LogP contribution in [0.15, 0.2) is 60.8 Å².